The van der Waals surface area contributed by atoms with Gasteiger partial charge in [0, 0.05) is 29.8 Å². The van der Waals surface area contributed by atoms with Crippen LogP contribution in [-0.4, -0.2) is 24.3 Å². The van der Waals surface area contributed by atoms with E-state index in [-0.39, 0.29) is 17.7 Å². The Morgan fingerprint density at radius 1 is 0.806 bits per heavy atom. The minimum atomic E-state index is -0.274. The third kappa shape index (κ3) is 4.33. The van der Waals surface area contributed by atoms with E-state index in [9.17, 15) is 14.4 Å². The first-order chi connectivity index (χ1) is 15.1. The average molecular weight is 413 g/mol. The third-order valence-corrected chi connectivity index (χ3v) is 5.30. The molecular weight excluding hydrogens is 390 g/mol. The molecule has 0 saturated heterocycles. The lowest BCUT2D eigenvalue weighted by Crippen LogP contribution is -2.27. The van der Waals surface area contributed by atoms with Gasteiger partial charge in [-0.3, -0.25) is 14.4 Å². The number of para-hydroxylation sites is 2. The Balaban J connectivity index is 1.51. The lowest BCUT2D eigenvalue weighted by atomic mass is 10.1. The largest absolute Gasteiger partial charge is 0.320 e. The number of fused-ring (bicyclic) bond motifs is 1. The van der Waals surface area contributed by atoms with Crippen molar-refractivity contribution >= 4 is 34.8 Å². The van der Waals surface area contributed by atoms with Gasteiger partial charge in [-0.1, -0.05) is 37.3 Å². The highest BCUT2D eigenvalue weighted by Crippen LogP contribution is 2.30. The number of amides is 3. The molecule has 0 unspecified atom stereocenters. The number of carbonyl (C=O) groups excluding carboxylic acids is 3. The van der Waals surface area contributed by atoms with Crippen molar-refractivity contribution in [1.82, 2.24) is 0 Å². The Hall–Kier alpha value is -3.93. The maximum Gasteiger partial charge on any atom is 0.255 e. The van der Waals surface area contributed by atoms with E-state index in [4.69, 9.17) is 0 Å². The first-order valence-corrected chi connectivity index (χ1v) is 10.3. The fourth-order valence-corrected chi connectivity index (χ4v) is 3.67. The van der Waals surface area contributed by atoms with Crippen molar-refractivity contribution in [3.8, 4) is 0 Å². The van der Waals surface area contributed by atoms with E-state index in [1.807, 2.05) is 25.1 Å². The summed E-state index contributed by atoms with van der Waals surface area (Å²) in [6.45, 7) is 2.48. The summed E-state index contributed by atoms with van der Waals surface area (Å²) >= 11 is 0. The zero-order valence-corrected chi connectivity index (χ0v) is 17.2. The zero-order valence-electron chi connectivity index (χ0n) is 17.2. The van der Waals surface area contributed by atoms with Crippen molar-refractivity contribution < 1.29 is 14.4 Å². The SMILES string of the molecule is CCC(=O)N1CCc2cc(C(=O)Nc3ccccc3NC(=O)c3ccccc3)ccc21. The zero-order chi connectivity index (χ0) is 21.8. The lowest BCUT2D eigenvalue weighted by Gasteiger charge is -2.16. The average Bonchev–Trinajstić information content (AvgIpc) is 3.23. The number of rotatable bonds is 5. The van der Waals surface area contributed by atoms with Gasteiger partial charge in [0.15, 0.2) is 0 Å². The number of benzene rings is 3. The van der Waals surface area contributed by atoms with Gasteiger partial charge >= 0.3 is 0 Å². The molecule has 156 valence electrons. The fourth-order valence-electron chi connectivity index (χ4n) is 3.67. The quantitative estimate of drug-likeness (QED) is 0.647. The molecule has 0 aliphatic carbocycles. The number of hydrogen-bond acceptors (Lipinski definition) is 3. The van der Waals surface area contributed by atoms with Crippen LogP contribution in [0.2, 0.25) is 0 Å². The monoisotopic (exact) mass is 413 g/mol. The van der Waals surface area contributed by atoms with E-state index in [0.717, 1.165) is 17.7 Å². The van der Waals surface area contributed by atoms with Crippen LogP contribution in [0.4, 0.5) is 17.1 Å². The van der Waals surface area contributed by atoms with Gasteiger partial charge < -0.3 is 15.5 Å². The van der Waals surface area contributed by atoms with Gasteiger partial charge in [0.1, 0.15) is 0 Å². The van der Waals surface area contributed by atoms with E-state index < -0.39 is 0 Å². The van der Waals surface area contributed by atoms with Crippen molar-refractivity contribution in [2.75, 3.05) is 22.1 Å². The second-order valence-corrected chi connectivity index (χ2v) is 7.31. The van der Waals surface area contributed by atoms with Crippen molar-refractivity contribution in [3.05, 3.63) is 89.5 Å². The summed E-state index contributed by atoms with van der Waals surface area (Å²) in [7, 11) is 0. The summed E-state index contributed by atoms with van der Waals surface area (Å²) < 4.78 is 0. The summed E-state index contributed by atoms with van der Waals surface area (Å²) in [5.41, 5.74) is 3.94. The molecule has 3 amide bonds. The van der Waals surface area contributed by atoms with Gasteiger partial charge in [-0.15, -0.1) is 0 Å². The Bertz CT molecular complexity index is 1140. The van der Waals surface area contributed by atoms with Gasteiger partial charge in [-0.25, -0.2) is 0 Å². The molecule has 4 rings (SSSR count). The lowest BCUT2D eigenvalue weighted by molar-refractivity contribution is -0.118. The number of hydrogen-bond donors (Lipinski definition) is 2. The molecule has 1 aliphatic rings. The Morgan fingerprint density at radius 2 is 1.42 bits per heavy atom. The fraction of sp³-hybridized carbons (Fsp3) is 0.160. The Kier molecular flexibility index (Phi) is 5.80. The molecule has 2 N–H and O–H groups in total. The van der Waals surface area contributed by atoms with Crippen molar-refractivity contribution in [1.29, 1.82) is 0 Å². The predicted molar refractivity (Wildman–Crippen MR) is 122 cm³/mol. The standard InChI is InChI=1S/C25H23N3O3/c1-2-23(29)28-15-14-18-16-19(12-13-22(18)28)25(31)27-21-11-7-6-10-20(21)26-24(30)17-8-4-3-5-9-17/h3-13,16H,2,14-15H2,1H3,(H,26,30)(H,27,31). The molecule has 0 radical (unpaired) electrons. The minimum Gasteiger partial charge on any atom is -0.320 e. The molecule has 31 heavy (non-hydrogen) atoms. The van der Waals surface area contributed by atoms with Crippen LogP contribution in [0.1, 0.15) is 39.6 Å². The second kappa shape index (κ2) is 8.83. The Morgan fingerprint density at radius 3 is 2.06 bits per heavy atom. The summed E-state index contributed by atoms with van der Waals surface area (Å²) in [4.78, 5) is 39.2. The molecule has 0 spiro atoms. The van der Waals surface area contributed by atoms with Gasteiger partial charge in [-0.05, 0) is 54.4 Å². The van der Waals surface area contributed by atoms with Crippen LogP contribution < -0.4 is 15.5 Å². The smallest absolute Gasteiger partial charge is 0.255 e. The van der Waals surface area contributed by atoms with Crippen LogP contribution in [0.5, 0.6) is 0 Å². The van der Waals surface area contributed by atoms with Crippen LogP contribution in [0.3, 0.4) is 0 Å². The van der Waals surface area contributed by atoms with E-state index in [1.54, 1.807) is 59.5 Å². The number of nitrogens with zero attached hydrogens (tertiary/aromatic N) is 1. The van der Waals surface area contributed by atoms with Gasteiger partial charge in [0.25, 0.3) is 11.8 Å². The first kappa shape index (κ1) is 20.3. The van der Waals surface area contributed by atoms with Gasteiger partial charge in [0.05, 0.1) is 11.4 Å². The molecule has 1 aliphatic heterocycles. The molecule has 0 aromatic heterocycles. The normalized spacial score (nSPS) is 12.2. The van der Waals surface area contributed by atoms with Crippen LogP contribution in [0.25, 0.3) is 0 Å². The van der Waals surface area contributed by atoms with E-state index in [1.165, 1.54) is 0 Å². The van der Waals surface area contributed by atoms with Gasteiger partial charge in [-0.2, -0.15) is 0 Å². The second-order valence-electron chi connectivity index (χ2n) is 7.31. The first-order valence-electron chi connectivity index (χ1n) is 10.3. The molecule has 6 nitrogen and oxygen atoms in total. The molecule has 0 atom stereocenters. The highest BCUT2D eigenvalue weighted by molar-refractivity contribution is 6.10. The van der Waals surface area contributed by atoms with Crippen LogP contribution >= 0.6 is 0 Å². The summed E-state index contributed by atoms with van der Waals surface area (Å²) in [5.74, 6) is -0.441. The number of anilines is 3. The molecule has 6 heteroatoms. The van der Waals surface area contributed by atoms with Crippen molar-refractivity contribution in [2.24, 2.45) is 0 Å². The van der Waals surface area contributed by atoms with Crippen LogP contribution in [0, 0.1) is 0 Å². The topological polar surface area (TPSA) is 78.5 Å². The minimum absolute atomic E-state index is 0.0824. The van der Waals surface area contributed by atoms with Crippen LogP contribution in [-0.2, 0) is 11.2 Å². The van der Waals surface area contributed by atoms with E-state index in [2.05, 4.69) is 10.6 Å². The summed E-state index contributed by atoms with van der Waals surface area (Å²) in [6.07, 6.45) is 1.18. The molecular formula is C25H23N3O3. The molecule has 0 saturated carbocycles. The maximum atomic E-state index is 12.9. The molecule has 0 bridgehead atoms. The summed E-state index contributed by atoms with van der Waals surface area (Å²) in [6, 6.07) is 21.4. The van der Waals surface area contributed by atoms with Crippen molar-refractivity contribution in [2.45, 2.75) is 19.8 Å². The molecule has 1 heterocycles. The molecule has 0 fully saturated rings. The molecule has 3 aromatic rings. The predicted octanol–water partition coefficient (Wildman–Crippen LogP) is 4.49. The summed E-state index contributed by atoms with van der Waals surface area (Å²) in [5, 5.41) is 5.74. The Labute approximate surface area is 180 Å². The van der Waals surface area contributed by atoms with E-state index in [0.29, 0.717) is 35.5 Å². The van der Waals surface area contributed by atoms with Gasteiger partial charge in [0.2, 0.25) is 5.91 Å². The maximum absolute atomic E-state index is 12.9. The highest BCUT2D eigenvalue weighted by atomic mass is 16.2. The van der Waals surface area contributed by atoms with Crippen molar-refractivity contribution in [3.63, 3.8) is 0 Å². The third-order valence-electron chi connectivity index (χ3n) is 5.30. The van der Waals surface area contributed by atoms with E-state index >= 15 is 0 Å². The molecule has 3 aromatic carbocycles. The number of carbonyl (C=O) groups is 3. The highest BCUT2D eigenvalue weighted by Gasteiger charge is 2.24. The van der Waals surface area contributed by atoms with Crippen LogP contribution in [0.15, 0.2) is 72.8 Å². The number of nitrogens with one attached hydrogen (secondary N) is 2.